The third-order valence-electron chi connectivity index (χ3n) is 2.80. The largest absolute Gasteiger partial charge is 3.00 e. The van der Waals surface area contributed by atoms with Gasteiger partial charge in [-0.05, 0) is 20.8 Å². The van der Waals surface area contributed by atoms with Crippen LogP contribution in [0.3, 0.4) is 0 Å². The van der Waals surface area contributed by atoms with Gasteiger partial charge in [0.15, 0.2) is 17.3 Å². The van der Waals surface area contributed by atoms with Gasteiger partial charge in [0.1, 0.15) is 42.0 Å². The van der Waals surface area contributed by atoms with Crippen molar-refractivity contribution in [3.8, 4) is 0 Å². The predicted molar refractivity (Wildman–Crippen MR) is 96.9 cm³/mol. The number of carboxylic acid groups (broad SMARTS) is 3. The maximum atomic E-state index is 10.2. The van der Waals surface area contributed by atoms with E-state index in [0.29, 0.717) is 0 Å². The second-order valence-corrected chi connectivity index (χ2v) is 5.74. The second kappa shape index (κ2) is 25.0. The molecule has 0 N–H and O–H groups in total. The van der Waals surface area contributed by atoms with E-state index in [2.05, 4.69) is 0 Å². The molecule has 0 bridgehead atoms. The quantitative estimate of drug-likeness (QED) is 0.162. The van der Waals surface area contributed by atoms with Crippen LogP contribution in [-0.4, -0.2) is 59.4 Å². The van der Waals surface area contributed by atoms with Crippen LogP contribution in [0.2, 0.25) is 0 Å². The van der Waals surface area contributed by atoms with E-state index >= 15 is 0 Å². The Hall–Kier alpha value is -3.28. The van der Waals surface area contributed by atoms with Gasteiger partial charge in [-0.2, -0.15) is 0 Å². The molecule has 0 unspecified atom stereocenters. The molecule has 0 aliphatic carbocycles. The van der Waals surface area contributed by atoms with Crippen molar-refractivity contribution in [1.82, 2.24) is 0 Å². The van der Waals surface area contributed by atoms with Crippen LogP contribution in [0.15, 0.2) is 0 Å². The number of Topliss-reactive ketones (excluding diaryl/α,β-unsaturated/α-hetero) is 6. The number of ketones is 6. The van der Waals surface area contributed by atoms with Gasteiger partial charge in [-0.25, -0.2) is 0 Å². The van der Waals surface area contributed by atoms with E-state index in [1.54, 1.807) is 0 Å². The van der Waals surface area contributed by atoms with Gasteiger partial charge in [-0.15, -0.1) is 0 Å². The summed E-state index contributed by atoms with van der Waals surface area (Å²) in [7, 11) is 0. The van der Waals surface area contributed by atoms with Crippen molar-refractivity contribution in [2.24, 2.45) is 0 Å². The van der Waals surface area contributed by atoms with Crippen LogP contribution in [-0.2, 0) is 67.4 Å². The van der Waals surface area contributed by atoms with Gasteiger partial charge in [0.05, 0.1) is 0 Å². The molecule has 33 heavy (non-hydrogen) atoms. The minimum Gasteiger partial charge on any atom is -0.542 e. The molecule has 0 aliphatic heterocycles. The van der Waals surface area contributed by atoms with E-state index in [1.807, 2.05) is 6.79 Å². The number of hydrogen-bond acceptors (Lipinski definition) is 13. The third-order valence-corrected chi connectivity index (χ3v) is 2.80. The zero-order chi connectivity index (χ0) is 26.4. The van der Waals surface area contributed by atoms with E-state index in [4.69, 9.17) is 4.79 Å². The van der Waals surface area contributed by atoms with Gasteiger partial charge in [0, 0.05) is 38.5 Å². The summed E-state index contributed by atoms with van der Waals surface area (Å²) in [4.78, 5) is 98.5. The summed E-state index contributed by atoms with van der Waals surface area (Å²) in [5.41, 5.74) is 0. The summed E-state index contributed by atoms with van der Waals surface area (Å²) in [5, 5.41) is 29.2. The van der Waals surface area contributed by atoms with E-state index in [9.17, 15) is 58.5 Å². The fourth-order valence-electron chi connectivity index (χ4n) is 1.17. The second-order valence-electron chi connectivity index (χ2n) is 5.74. The number of hydrogen-bond donors (Lipinski definition) is 0. The molecule has 13 nitrogen and oxygen atoms in total. The molecule has 0 aliphatic rings. The Morgan fingerprint density at radius 2 is 0.606 bits per heavy atom. The monoisotopic (exact) mass is 562 g/mol. The number of carbonyl (C=O) groups excluding carboxylic acids is 10. The van der Waals surface area contributed by atoms with Crippen LogP contribution >= 0.6 is 0 Å². The van der Waals surface area contributed by atoms with Crippen molar-refractivity contribution >= 4 is 59.4 Å². The molecule has 0 saturated heterocycles. The first kappa shape index (κ1) is 40.1. The fraction of sp³-hybridized carbons (Fsp3) is 0.474. The molecule has 0 heterocycles. The van der Waals surface area contributed by atoms with Crippen molar-refractivity contribution in [2.75, 3.05) is 0 Å². The summed E-state index contributed by atoms with van der Waals surface area (Å²) in [6.07, 6.45) is -0.820. The molecule has 0 aromatic rings. The van der Waals surface area contributed by atoms with Crippen LogP contribution in [0, 0.1) is 0 Å². The molecule has 0 spiro atoms. The van der Waals surface area contributed by atoms with Crippen molar-refractivity contribution in [1.29, 1.82) is 0 Å². The Balaban J connectivity index is -0.000000113. The first-order valence-electron chi connectivity index (χ1n) is 8.61. The van der Waals surface area contributed by atoms with Crippen LogP contribution in [0.5, 0.6) is 0 Å². The van der Waals surface area contributed by atoms with E-state index in [0.717, 1.165) is 0 Å². The molecule has 0 saturated carbocycles. The van der Waals surface area contributed by atoms with Crippen molar-refractivity contribution in [3.05, 3.63) is 0 Å². The first-order valence-corrected chi connectivity index (χ1v) is 8.61. The summed E-state index contributed by atoms with van der Waals surface area (Å²) < 4.78 is 0. The topological polar surface area (TPSA) is 240 Å². The van der Waals surface area contributed by atoms with Crippen molar-refractivity contribution in [3.63, 3.8) is 0 Å². The van der Waals surface area contributed by atoms with Gasteiger partial charge in [-0.1, -0.05) is 0 Å². The summed E-state index contributed by atoms with van der Waals surface area (Å²) in [5.74, 6) is -8.82. The van der Waals surface area contributed by atoms with Crippen LogP contribution in [0.25, 0.3) is 0 Å². The molecule has 14 heteroatoms. The molecule has 0 aromatic carbocycles. The Kier molecular flexibility index (Phi) is 30.4. The van der Waals surface area contributed by atoms with Gasteiger partial charge >= 0.3 is 19.5 Å². The average molecular weight is 562 g/mol. The molecule has 186 valence electrons. The van der Waals surface area contributed by atoms with Gasteiger partial charge in [-0.3, -0.25) is 14.4 Å². The molecule has 0 atom stereocenters. The Morgan fingerprint density at radius 1 is 0.455 bits per heavy atom. The van der Waals surface area contributed by atoms with Gasteiger partial charge in [0.2, 0.25) is 0 Å². The molecule has 0 amide bonds. The maximum absolute atomic E-state index is 10.2. The minimum atomic E-state index is -1.72. The average Bonchev–Trinajstić information content (AvgIpc) is 2.70. The van der Waals surface area contributed by atoms with Gasteiger partial charge in [0.25, 0.3) is 0 Å². The fourth-order valence-corrected chi connectivity index (χ4v) is 1.17. The minimum absolute atomic E-state index is 0. The van der Waals surface area contributed by atoms with E-state index in [-0.39, 0.29) is 75.4 Å². The zero-order valence-corrected chi connectivity index (χ0v) is 19.7. The Morgan fingerprint density at radius 3 is 0.697 bits per heavy atom. The third kappa shape index (κ3) is 36.4. The molecule has 0 rings (SSSR count). The number of rotatable bonds is 12. The standard InChI is InChI=1S/3C6H8O4.CH2O.Rh/c3*1-4(7)2-3-5(8)6(9)10;1-2;/h3*2-3H2,1H3,(H,9,10);1H2;/q;;;;+3/p-3. The molecular formula is C19H23O13Rh. The van der Waals surface area contributed by atoms with E-state index in [1.165, 1.54) is 20.8 Å². The Bertz CT molecular complexity index is 630. The SMILES string of the molecule is C=O.CC(=O)CCC(=O)C(=O)[O-].CC(=O)CCC(=O)C(=O)[O-].CC(=O)CCC(=O)C(=O)[O-].[Rh+3]. The number of aliphatic carboxylic acids is 3. The maximum Gasteiger partial charge on any atom is 3.00 e. The zero-order valence-electron chi connectivity index (χ0n) is 18.1. The summed E-state index contributed by atoms with van der Waals surface area (Å²) >= 11 is 0. The van der Waals surface area contributed by atoms with Crippen molar-refractivity contribution in [2.45, 2.75) is 59.3 Å². The van der Waals surface area contributed by atoms with Gasteiger partial charge < -0.3 is 48.9 Å². The smallest absolute Gasteiger partial charge is 0.542 e. The first-order chi connectivity index (χ1) is 14.6. The molecule has 0 fully saturated rings. The normalized spacial score (nSPS) is 8.21. The summed E-state index contributed by atoms with van der Waals surface area (Å²) in [6, 6.07) is 0. The Labute approximate surface area is 201 Å². The van der Waals surface area contributed by atoms with Crippen LogP contribution < -0.4 is 15.3 Å². The predicted octanol–water partition coefficient (Wildman–Crippen LogP) is -4.16. The molecule has 0 aromatic heterocycles. The molecular weight excluding hydrogens is 539 g/mol. The number of carboxylic acids is 3. The number of carbonyl (C=O) groups is 10. The van der Waals surface area contributed by atoms with Crippen molar-refractivity contribution < 1.29 is 82.7 Å². The van der Waals surface area contributed by atoms with Crippen LogP contribution in [0.4, 0.5) is 0 Å². The van der Waals surface area contributed by atoms with E-state index < -0.39 is 35.3 Å². The van der Waals surface area contributed by atoms with Crippen LogP contribution in [0.1, 0.15) is 59.3 Å². The molecule has 0 radical (unpaired) electrons. The summed E-state index contributed by atoms with van der Waals surface area (Å²) in [6.45, 7) is 5.88.